The molecule has 0 atom stereocenters. The third-order valence-electron chi connectivity index (χ3n) is 4.35. The van der Waals surface area contributed by atoms with Crippen LogP contribution >= 0.6 is 24.0 Å². The normalized spacial score (nSPS) is 14.8. The molecule has 1 aromatic carbocycles. The van der Waals surface area contributed by atoms with Gasteiger partial charge in [-0.1, -0.05) is 31.4 Å². The van der Waals surface area contributed by atoms with Gasteiger partial charge in [0, 0.05) is 18.2 Å². The van der Waals surface area contributed by atoms with Crippen LogP contribution in [-0.4, -0.2) is 36.9 Å². The molecule has 0 saturated heterocycles. The lowest BCUT2D eigenvalue weighted by Crippen LogP contribution is -2.44. The van der Waals surface area contributed by atoms with E-state index < -0.39 is 5.91 Å². The molecule has 8 heteroatoms. The van der Waals surface area contributed by atoms with E-state index in [-0.39, 0.29) is 36.4 Å². The van der Waals surface area contributed by atoms with E-state index in [0.717, 1.165) is 18.1 Å². The van der Waals surface area contributed by atoms with Crippen molar-refractivity contribution in [2.24, 2.45) is 10.7 Å². The molecule has 1 fully saturated rings. The van der Waals surface area contributed by atoms with Gasteiger partial charge >= 0.3 is 0 Å². The second-order valence-electron chi connectivity index (χ2n) is 6.52. The first-order chi connectivity index (χ1) is 12.6. The Bertz CT molecular complexity index is 627. The minimum Gasteiger partial charge on any atom is -0.368 e. The van der Waals surface area contributed by atoms with E-state index in [1.807, 2.05) is 12.1 Å². The lowest BCUT2D eigenvalue weighted by atomic mass is 9.96. The number of carbonyl (C=O) groups excluding carboxylic acids is 2. The molecule has 2 amide bonds. The molecule has 1 saturated carbocycles. The van der Waals surface area contributed by atoms with Crippen molar-refractivity contribution in [2.75, 3.05) is 13.1 Å². The first kappa shape index (κ1) is 23.2. The summed E-state index contributed by atoms with van der Waals surface area (Å²) >= 11 is 0. The van der Waals surface area contributed by atoms with E-state index >= 15 is 0 Å². The van der Waals surface area contributed by atoms with Gasteiger partial charge in [0.05, 0.1) is 13.1 Å². The van der Waals surface area contributed by atoms with Crippen molar-refractivity contribution in [2.45, 2.75) is 51.6 Å². The SMILES string of the molecule is CCNC(=NCc1ccc(C(=O)NCC(N)=O)cc1)NC1CCCCC1.I. The lowest BCUT2D eigenvalue weighted by Gasteiger charge is -2.24. The van der Waals surface area contributed by atoms with Crippen LogP contribution in [0, 0.1) is 0 Å². The highest BCUT2D eigenvalue weighted by molar-refractivity contribution is 14.0. The van der Waals surface area contributed by atoms with Crippen LogP contribution in [0.3, 0.4) is 0 Å². The standard InChI is InChI=1S/C19H29N5O2.HI/c1-2-21-19(24-16-6-4-3-5-7-16)23-12-14-8-10-15(11-9-14)18(26)22-13-17(20)25;/h8-11,16H,2-7,12-13H2,1H3,(H2,20,25)(H,22,26)(H2,21,23,24);1H. The van der Waals surface area contributed by atoms with Gasteiger partial charge in [-0.15, -0.1) is 24.0 Å². The molecule has 2 rings (SSSR count). The summed E-state index contributed by atoms with van der Waals surface area (Å²) in [5, 5.41) is 9.27. The van der Waals surface area contributed by atoms with Gasteiger partial charge < -0.3 is 21.7 Å². The Morgan fingerprint density at radius 1 is 1.11 bits per heavy atom. The summed E-state index contributed by atoms with van der Waals surface area (Å²) in [5.41, 5.74) is 6.53. The van der Waals surface area contributed by atoms with E-state index in [0.29, 0.717) is 18.2 Å². The first-order valence-electron chi connectivity index (χ1n) is 9.28. The predicted molar refractivity (Wildman–Crippen MR) is 118 cm³/mol. The molecule has 0 heterocycles. The second-order valence-corrected chi connectivity index (χ2v) is 6.52. The summed E-state index contributed by atoms with van der Waals surface area (Å²) in [5.74, 6) is -0.0421. The van der Waals surface area contributed by atoms with Gasteiger partial charge in [0.15, 0.2) is 5.96 Å². The van der Waals surface area contributed by atoms with Crippen LogP contribution in [-0.2, 0) is 11.3 Å². The Morgan fingerprint density at radius 2 is 1.78 bits per heavy atom. The highest BCUT2D eigenvalue weighted by Crippen LogP contribution is 2.17. The fourth-order valence-corrected chi connectivity index (χ4v) is 2.96. The van der Waals surface area contributed by atoms with Gasteiger partial charge in [-0.25, -0.2) is 4.99 Å². The summed E-state index contributed by atoms with van der Waals surface area (Å²) in [6.07, 6.45) is 6.26. The molecule has 1 aliphatic rings. The molecular formula is C19H30IN5O2. The summed E-state index contributed by atoms with van der Waals surface area (Å²) in [6, 6.07) is 7.68. The van der Waals surface area contributed by atoms with Gasteiger partial charge in [0.2, 0.25) is 5.91 Å². The lowest BCUT2D eigenvalue weighted by molar-refractivity contribution is -0.117. The Hall–Kier alpha value is -1.84. The zero-order chi connectivity index (χ0) is 18.8. The third-order valence-corrected chi connectivity index (χ3v) is 4.35. The van der Waals surface area contributed by atoms with Crippen molar-refractivity contribution >= 4 is 41.8 Å². The molecule has 0 radical (unpaired) electrons. The van der Waals surface area contributed by atoms with Crippen LogP contribution in [0.2, 0.25) is 0 Å². The fourth-order valence-electron chi connectivity index (χ4n) is 2.96. The Kier molecular flexibility index (Phi) is 10.8. The van der Waals surface area contributed by atoms with Crippen LogP contribution in [0.5, 0.6) is 0 Å². The number of carbonyl (C=O) groups is 2. The number of hydrogen-bond acceptors (Lipinski definition) is 3. The number of primary amides is 1. The van der Waals surface area contributed by atoms with E-state index in [2.05, 4.69) is 27.9 Å². The van der Waals surface area contributed by atoms with Crippen molar-refractivity contribution in [3.05, 3.63) is 35.4 Å². The second kappa shape index (κ2) is 12.5. The van der Waals surface area contributed by atoms with Crippen LogP contribution in [0.15, 0.2) is 29.3 Å². The van der Waals surface area contributed by atoms with Crippen LogP contribution < -0.4 is 21.7 Å². The maximum absolute atomic E-state index is 11.9. The summed E-state index contributed by atoms with van der Waals surface area (Å²) in [7, 11) is 0. The summed E-state index contributed by atoms with van der Waals surface area (Å²) < 4.78 is 0. The highest BCUT2D eigenvalue weighted by Gasteiger charge is 2.14. The first-order valence-corrected chi connectivity index (χ1v) is 9.28. The van der Waals surface area contributed by atoms with Gasteiger partial charge in [-0.2, -0.15) is 0 Å². The summed E-state index contributed by atoms with van der Waals surface area (Å²) in [4.78, 5) is 27.2. The number of nitrogens with one attached hydrogen (secondary N) is 3. The average Bonchev–Trinajstić information content (AvgIpc) is 2.65. The fraction of sp³-hybridized carbons (Fsp3) is 0.526. The third kappa shape index (κ3) is 8.59. The number of amides is 2. The minimum absolute atomic E-state index is 0. The molecule has 27 heavy (non-hydrogen) atoms. The Morgan fingerprint density at radius 3 is 2.37 bits per heavy atom. The van der Waals surface area contributed by atoms with Crippen molar-refractivity contribution in [1.29, 1.82) is 0 Å². The largest absolute Gasteiger partial charge is 0.368 e. The van der Waals surface area contributed by atoms with Crippen LogP contribution in [0.4, 0.5) is 0 Å². The molecule has 5 N–H and O–H groups in total. The van der Waals surface area contributed by atoms with E-state index in [1.165, 1.54) is 32.1 Å². The number of guanidine groups is 1. The molecule has 1 aliphatic carbocycles. The maximum atomic E-state index is 11.9. The van der Waals surface area contributed by atoms with Crippen molar-refractivity contribution < 1.29 is 9.59 Å². The molecule has 0 aromatic heterocycles. The number of halogens is 1. The Labute approximate surface area is 178 Å². The number of rotatable bonds is 7. The van der Waals surface area contributed by atoms with E-state index in [4.69, 9.17) is 5.73 Å². The maximum Gasteiger partial charge on any atom is 0.251 e. The molecule has 0 spiro atoms. The predicted octanol–water partition coefficient (Wildman–Crippen LogP) is 1.91. The zero-order valence-corrected chi connectivity index (χ0v) is 18.1. The Balaban J connectivity index is 0.00000364. The van der Waals surface area contributed by atoms with Gasteiger partial charge in [-0.05, 0) is 37.5 Å². The molecular weight excluding hydrogens is 457 g/mol. The number of nitrogens with zero attached hydrogens (tertiary/aromatic N) is 1. The molecule has 1 aromatic rings. The van der Waals surface area contributed by atoms with Crippen LogP contribution in [0.1, 0.15) is 54.9 Å². The molecule has 150 valence electrons. The number of hydrogen-bond donors (Lipinski definition) is 4. The minimum atomic E-state index is -0.564. The quantitative estimate of drug-likeness (QED) is 0.268. The van der Waals surface area contributed by atoms with Gasteiger partial charge in [0.1, 0.15) is 0 Å². The van der Waals surface area contributed by atoms with E-state index in [9.17, 15) is 9.59 Å². The van der Waals surface area contributed by atoms with Crippen LogP contribution in [0.25, 0.3) is 0 Å². The van der Waals surface area contributed by atoms with Gasteiger partial charge in [-0.3, -0.25) is 9.59 Å². The van der Waals surface area contributed by atoms with Gasteiger partial charge in [0.25, 0.3) is 5.91 Å². The molecule has 0 aliphatic heterocycles. The van der Waals surface area contributed by atoms with Crippen molar-refractivity contribution in [3.8, 4) is 0 Å². The monoisotopic (exact) mass is 487 g/mol. The van der Waals surface area contributed by atoms with Crippen molar-refractivity contribution in [3.63, 3.8) is 0 Å². The zero-order valence-electron chi connectivity index (χ0n) is 15.8. The molecule has 7 nitrogen and oxygen atoms in total. The highest BCUT2D eigenvalue weighted by atomic mass is 127. The van der Waals surface area contributed by atoms with Crippen molar-refractivity contribution in [1.82, 2.24) is 16.0 Å². The average molecular weight is 487 g/mol. The number of benzene rings is 1. The summed E-state index contributed by atoms with van der Waals surface area (Å²) in [6.45, 7) is 3.24. The number of nitrogens with two attached hydrogens (primary N) is 1. The smallest absolute Gasteiger partial charge is 0.251 e. The van der Waals surface area contributed by atoms with E-state index in [1.54, 1.807) is 12.1 Å². The molecule has 0 unspecified atom stereocenters. The molecule has 0 bridgehead atoms. The topological polar surface area (TPSA) is 109 Å². The number of aliphatic imine (C=N–C) groups is 1.